The number of rotatable bonds is 3. The van der Waals surface area contributed by atoms with Gasteiger partial charge in [-0.2, -0.15) is 0 Å². The summed E-state index contributed by atoms with van der Waals surface area (Å²) < 4.78 is 0. The van der Waals surface area contributed by atoms with Crippen molar-refractivity contribution in [3.05, 3.63) is 12.2 Å². The zero-order chi connectivity index (χ0) is 7.28. The molecular weight excluding hydrogens is 152 g/mol. The molecule has 0 aromatic rings. The molecule has 0 spiro atoms. The third-order valence-electron chi connectivity index (χ3n) is 1.42. The fraction of sp³-hybridized carbons (Fsp3) is 0.625. The Morgan fingerprint density at radius 2 is 2.10 bits per heavy atom. The van der Waals surface area contributed by atoms with Crippen LogP contribution in [-0.4, -0.2) is 43.5 Å². The van der Waals surface area contributed by atoms with E-state index in [4.69, 9.17) is 0 Å². The van der Waals surface area contributed by atoms with E-state index in [2.05, 4.69) is 0 Å². The molecule has 0 N–H and O–H groups in total. The molecule has 0 saturated heterocycles. The molecule has 56 valence electrons. The topological polar surface area (TPSA) is 17.1 Å². The second-order valence-electron chi connectivity index (χ2n) is 2.32. The summed E-state index contributed by atoms with van der Waals surface area (Å²) in [5.41, 5.74) is 0. The summed E-state index contributed by atoms with van der Waals surface area (Å²) in [6, 6.07) is 0. The summed E-state index contributed by atoms with van der Waals surface area (Å²) >= 11 is 0. The first-order valence-corrected chi connectivity index (χ1v) is 3.30. The molecule has 2 heteroatoms. The molecule has 0 aromatic heterocycles. The Hall–Kier alpha value is 0.670. The van der Waals surface area contributed by atoms with E-state index in [0.29, 0.717) is 0 Å². The average Bonchev–Trinajstić information content (AvgIpc) is 1.82. The Labute approximate surface area is 92.9 Å². The van der Waals surface area contributed by atoms with Gasteiger partial charge in [0.15, 0.2) is 0 Å². The van der Waals surface area contributed by atoms with E-state index in [1.165, 1.54) is 0 Å². The van der Waals surface area contributed by atoms with Crippen molar-refractivity contribution in [2.45, 2.75) is 27.2 Å². The Bertz CT molecular complexity index is 118. The van der Waals surface area contributed by atoms with Gasteiger partial charge in [0, 0.05) is 5.92 Å². The van der Waals surface area contributed by atoms with Crippen molar-refractivity contribution in [1.29, 1.82) is 0 Å². The van der Waals surface area contributed by atoms with Crippen molar-refractivity contribution in [3.8, 4) is 0 Å². The quantitative estimate of drug-likeness (QED) is 0.458. The van der Waals surface area contributed by atoms with E-state index in [-0.39, 0.29) is 49.4 Å². The van der Waals surface area contributed by atoms with Gasteiger partial charge in [-0.25, -0.2) is 0 Å². The van der Waals surface area contributed by atoms with Gasteiger partial charge in [0.05, 0.1) is 0 Å². The zero-order valence-electron chi connectivity index (χ0n) is 6.35. The normalized spacial score (nSPS) is 12.7. The van der Waals surface area contributed by atoms with Crippen molar-refractivity contribution in [1.82, 2.24) is 0 Å². The number of carbonyl (C=O) groups is 1. The van der Waals surface area contributed by atoms with Crippen molar-refractivity contribution < 1.29 is 4.79 Å². The third kappa shape index (κ3) is 6.79. The van der Waals surface area contributed by atoms with E-state index < -0.39 is 0 Å². The Morgan fingerprint density at radius 3 is 2.40 bits per heavy atom. The van der Waals surface area contributed by atoms with E-state index >= 15 is 0 Å². The van der Waals surface area contributed by atoms with Gasteiger partial charge in [-0.15, -0.1) is 0 Å². The number of allylic oxidation sites excluding steroid dienone is 2. The summed E-state index contributed by atoms with van der Waals surface area (Å²) in [6.45, 7) is 5.54. The molecule has 0 aromatic carbocycles. The van der Waals surface area contributed by atoms with Crippen LogP contribution in [0.15, 0.2) is 12.2 Å². The molecule has 1 atom stereocenters. The van der Waals surface area contributed by atoms with E-state index in [0.717, 1.165) is 6.42 Å². The number of Topliss-reactive ketones (excluding diaryl/α,β-unsaturated/α-hetero) is 1. The summed E-state index contributed by atoms with van der Waals surface area (Å²) in [7, 11) is 0. The number of ketones is 1. The average molecular weight is 168 g/mol. The van der Waals surface area contributed by atoms with Crippen LogP contribution in [-0.2, 0) is 4.79 Å². The molecule has 1 unspecified atom stereocenters. The van der Waals surface area contributed by atoms with E-state index in [1.807, 2.05) is 26.0 Å². The first-order chi connectivity index (χ1) is 4.18. The molecule has 0 saturated carbocycles. The molecule has 0 heterocycles. The molecule has 0 aliphatic rings. The third-order valence-corrected chi connectivity index (χ3v) is 1.42. The molecule has 0 aliphatic heterocycles. The molecule has 0 radical (unpaired) electrons. The van der Waals surface area contributed by atoms with Gasteiger partial charge >= 0.3 is 37.7 Å². The second-order valence-corrected chi connectivity index (χ2v) is 2.32. The predicted octanol–water partition coefficient (Wildman–Crippen LogP) is 1.26. The molecule has 0 aliphatic carbocycles. The number of hydrogen-bond acceptors (Lipinski definition) is 1. The fourth-order valence-corrected chi connectivity index (χ4v) is 0.506. The van der Waals surface area contributed by atoms with Gasteiger partial charge in [-0.1, -0.05) is 19.1 Å². The standard InChI is InChI=1S/C8H14O.Ca.2H/c1-4-5-6-7(2)8(3)9;;;/h4-5,7H,6H2,1-3H3;;;. The second kappa shape index (κ2) is 7.77. The molecule has 1 nitrogen and oxygen atoms in total. The predicted molar refractivity (Wildman–Crippen MR) is 47.8 cm³/mol. The maximum absolute atomic E-state index is 10.6. The van der Waals surface area contributed by atoms with Crippen LogP contribution in [0.5, 0.6) is 0 Å². The van der Waals surface area contributed by atoms with E-state index in [1.54, 1.807) is 6.92 Å². The van der Waals surface area contributed by atoms with Crippen molar-refractivity contribution in [2.75, 3.05) is 0 Å². The van der Waals surface area contributed by atoms with Gasteiger partial charge in [-0.3, -0.25) is 4.79 Å². The molecule has 10 heavy (non-hydrogen) atoms. The number of carbonyl (C=O) groups excluding carboxylic acids is 1. The van der Waals surface area contributed by atoms with Gasteiger partial charge < -0.3 is 0 Å². The van der Waals surface area contributed by atoms with Crippen LogP contribution < -0.4 is 0 Å². The maximum atomic E-state index is 10.6. The van der Waals surface area contributed by atoms with Gasteiger partial charge in [0.1, 0.15) is 5.78 Å². The molecular formula is C8H16CaO. The van der Waals surface area contributed by atoms with Crippen LogP contribution in [0.25, 0.3) is 0 Å². The summed E-state index contributed by atoms with van der Waals surface area (Å²) in [6.07, 6.45) is 4.87. The summed E-state index contributed by atoms with van der Waals surface area (Å²) in [4.78, 5) is 10.6. The van der Waals surface area contributed by atoms with Crippen molar-refractivity contribution in [2.24, 2.45) is 5.92 Å². The Balaban J connectivity index is 0. The number of hydrogen-bond donors (Lipinski definition) is 0. The van der Waals surface area contributed by atoms with E-state index in [9.17, 15) is 4.79 Å². The first-order valence-electron chi connectivity index (χ1n) is 3.30. The van der Waals surface area contributed by atoms with Crippen LogP contribution >= 0.6 is 0 Å². The molecule has 0 bridgehead atoms. The van der Waals surface area contributed by atoms with Crippen molar-refractivity contribution >= 4 is 43.5 Å². The van der Waals surface area contributed by atoms with Crippen LogP contribution in [0.2, 0.25) is 0 Å². The molecule has 0 rings (SSSR count). The summed E-state index contributed by atoms with van der Waals surface area (Å²) in [5.74, 6) is 0.467. The van der Waals surface area contributed by atoms with Crippen LogP contribution in [0, 0.1) is 5.92 Å². The van der Waals surface area contributed by atoms with Crippen LogP contribution in [0.1, 0.15) is 27.2 Å². The molecule has 0 fully saturated rings. The first kappa shape index (κ1) is 13.3. The minimum atomic E-state index is 0. The van der Waals surface area contributed by atoms with Gasteiger partial charge in [0.2, 0.25) is 0 Å². The summed E-state index contributed by atoms with van der Waals surface area (Å²) in [5, 5.41) is 0. The van der Waals surface area contributed by atoms with Crippen molar-refractivity contribution in [3.63, 3.8) is 0 Å². The minimum absolute atomic E-state index is 0. The fourth-order valence-electron chi connectivity index (χ4n) is 0.506. The zero-order valence-corrected chi connectivity index (χ0v) is 6.35. The van der Waals surface area contributed by atoms with Gasteiger partial charge in [0.25, 0.3) is 0 Å². The molecule has 0 amide bonds. The SMILES string of the molecule is CC=CCC(C)C(C)=O.[CaH2]. The van der Waals surface area contributed by atoms with Gasteiger partial charge in [-0.05, 0) is 20.3 Å². The monoisotopic (exact) mass is 168 g/mol. The Morgan fingerprint density at radius 1 is 1.60 bits per heavy atom. The van der Waals surface area contributed by atoms with Crippen LogP contribution in [0.4, 0.5) is 0 Å². The Kier molecular flexibility index (Phi) is 10.3. The van der Waals surface area contributed by atoms with Crippen LogP contribution in [0.3, 0.4) is 0 Å².